The van der Waals surface area contributed by atoms with E-state index < -0.39 is 28.6 Å². The van der Waals surface area contributed by atoms with Crippen LogP contribution >= 0.6 is 11.8 Å². The first-order chi connectivity index (χ1) is 11.6. The number of hydrogen-bond donors (Lipinski definition) is 3. The molecule has 2 rings (SSSR count). The van der Waals surface area contributed by atoms with E-state index in [0.29, 0.717) is 11.7 Å². The molecule has 0 saturated heterocycles. The molecule has 0 radical (unpaired) electrons. The average molecular weight is 386 g/mol. The highest BCUT2D eigenvalue weighted by Gasteiger charge is 2.27. The van der Waals surface area contributed by atoms with Gasteiger partial charge in [-0.25, -0.2) is 8.42 Å². The summed E-state index contributed by atoms with van der Waals surface area (Å²) < 4.78 is 27.2. The molecule has 138 valence electrons. The Bertz CT molecular complexity index is 753. The number of aliphatic imine (C=N–C) groups is 1. The van der Waals surface area contributed by atoms with Crippen molar-refractivity contribution in [3.05, 3.63) is 29.8 Å². The van der Waals surface area contributed by atoms with Crippen LogP contribution in [0.25, 0.3) is 0 Å². The fraction of sp³-hybridized carbons (Fsp3) is 0.500. The molecule has 1 aromatic carbocycles. The number of rotatable bonds is 5. The van der Waals surface area contributed by atoms with Crippen molar-refractivity contribution >= 4 is 32.9 Å². The van der Waals surface area contributed by atoms with Gasteiger partial charge >= 0.3 is 0 Å². The highest BCUT2D eigenvalue weighted by atomic mass is 32.2. The van der Waals surface area contributed by atoms with Crippen molar-refractivity contribution < 1.29 is 18.3 Å². The Morgan fingerprint density at radius 2 is 1.96 bits per heavy atom. The molecular weight excluding hydrogens is 362 g/mol. The van der Waals surface area contributed by atoms with Gasteiger partial charge in [0.2, 0.25) is 15.9 Å². The minimum atomic E-state index is -3.93. The van der Waals surface area contributed by atoms with Crippen LogP contribution in [0.5, 0.6) is 0 Å². The molecule has 0 bridgehead atoms. The maximum atomic E-state index is 12.5. The van der Waals surface area contributed by atoms with Crippen LogP contribution < -0.4 is 10.0 Å². The van der Waals surface area contributed by atoms with Gasteiger partial charge in [0, 0.05) is 5.75 Å². The van der Waals surface area contributed by atoms with Crippen LogP contribution in [-0.2, 0) is 20.2 Å². The monoisotopic (exact) mass is 385 g/mol. The highest BCUT2D eigenvalue weighted by molar-refractivity contribution is 8.14. The van der Waals surface area contributed by atoms with Crippen LogP contribution in [0.2, 0.25) is 0 Å². The van der Waals surface area contributed by atoms with E-state index in [-0.39, 0.29) is 10.3 Å². The summed E-state index contributed by atoms with van der Waals surface area (Å²) in [5.41, 5.74) is 0.905. The third-order valence-electron chi connectivity index (χ3n) is 3.64. The number of amides is 1. The summed E-state index contributed by atoms with van der Waals surface area (Å²) in [6.45, 7) is 6.05. The molecule has 0 fully saturated rings. The second kappa shape index (κ2) is 7.86. The van der Waals surface area contributed by atoms with Gasteiger partial charge in [-0.2, -0.15) is 4.72 Å². The van der Waals surface area contributed by atoms with Crippen molar-refractivity contribution in [2.45, 2.75) is 37.1 Å². The Labute approximate surface area is 152 Å². The zero-order chi connectivity index (χ0) is 18.7. The molecule has 0 aliphatic carbocycles. The SMILES string of the molecule is CC(C)(C)c1ccc(S(=O)(=O)NC(CO)C(=O)NC2=NCCS2)cc1. The minimum absolute atomic E-state index is 0.0410. The van der Waals surface area contributed by atoms with Gasteiger partial charge in [-0.15, -0.1) is 0 Å². The molecule has 0 aromatic heterocycles. The predicted molar refractivity (Wildman–Crippen MR) is 99.2 cm³/mol. The number of nitrogens with one attached hydrogen (secondary N) is 2. The van der Waals surface area contributed by atoms with Gasteiger partial charge in [0.15, 0.2) is 5.17 Å². The molecule has 25 heavy (non-hydrogen) atoms. The van der Waals surface area contributed by atoms with Crippen molar-refractivity contribution in [3.63, 3.8) is 0 Å². The standard InChI is InChI=1S/C16H23N3O4S2/c1-16(2,3)11-4-6-12(7-5-11)25(22,23)19-13(10-20)14(21)18-15-17-8-9-24-15/h4-7,13,19-20H,8-10H2,1-3H3,(H,17,18,21). The maximum absolute atomic E-state index is 12.5. The number of sulfonamides is 1. The van der Waals surface area contributed by atoms with Crippen molar-refractivity contribution in [2.75, 3.05) is 18.9 Å². The van der Waals surface area contributed by atoms with Crippen molar-refractivity contribution in [3.8, 4) is 0 Å². The number of benzene rings is 1. The fourth-order valence-electron chi connectivity index (χ4n) is 2.17. The van der Waals surface area contributed by atoms with E-state index in [1.165, 1.54) is 23.9 Å². The topological polar surface area (TPSA) is 108 Å². The molecule has 1 aliphatic heterocycles. The molecular formula is C16H23N3O4S2. The Hall–Kier alpha value is -1.42. The Kier molecular flexibility index (Phi) is 6.26. The third kappa shape index (κ3) is 5.27. The second-order valence-corrected chi connectivity index (χ2v) is 9.45. The van der Waals surface area contributed by atoms with Gasteiger partial charge in [0.1, 0.15) is 6.04 Å². The van der Waals surface area contributed by atoms with Crippen LogP contribution in [0, 0.1) is 0 Å². The maximum Gasteiger partial charge on any atom is 0.246 e. The van der Waals surface area contributed by atoms with E-state index in [1.807, 2.05) is 20.8 Å². The first-order valence-electron chi connectivity index (χ1n) is 7.85. The van der Waals surface area contributed by atoms with Gasteiger partial charge in [0.05, 0.1) is 18.0 Å². The summed E-state index contributed by atoms with van der Waals surface area (Å²) in [4.78, 5) is 16.2. The first-order valence-corrected chi connectivity index (χ1v) is 10.3. The molecule has 0 spiro atoms. The average Bonchev–Trinajstić information content (AvgIpc) is 3.04. The molecule has 1 atom stereocenters. The van der Waals surface area contributed by atoms with Crippen molar-refractivity contribution in [1.29, 1.82) is 0 Å². The normalized spacial score (nSPS) is 16.4. The van der Waals surface area contributed by atoms with Crippen molar-refractivity contribution in [2.24, 2.45) is 4.99 Å². The summed E-state index contributed by atoms with van der Waals surface area (Å²) >= 11 is 1.38. The fourth-order valence-corrected chi connectivity index (χ4v) is 4.08. The Morgan fingerprint density at radius 1 is 1.32 bits per heavy atom. The zero-order valence-electron chi connectivity index (χ0n) is 14.4. The quantitative estimate of drug-likeness (QED) is 0.696. The van der Waals surface area contributed by atoms with E-state index in [0.717, 1.165) is 11.3 Å². The van der Waals surface area contributed by atoms with E-state index in [1.54, 1.807) is 12.1 Å². The lowest BCUT2D eigenvalue weighted by Crippen LogP contribution is -2.49. The molecule has 1 heterocycles. The number of amidine groups is 1. The molecule has 3 N–H and O–H groups in total. The van der Waals surface area contributed by atoms with E-state index in [9.17, 15) is 18.3 Å². The van der Waals surface area contributed by atoms with Gasteiger partial charge in [0.25, 0.3) is 0 Å². The van der Waals surface area contributed by atoms with E-state index in [2.05, 4.69) is 15.0 Å². The van der Waals surface area contributed by atoms with Gasteiger partial charge in [-0.05, 0) is 23.1 Å². The number of thioether (sulfide) groups is 1. The third-order valence-corrected chi connectivity index (χ3v) is 6.02. The van der Waals surface area contributed by atoms with Crippen LogP contribution in [0.3, 0.4) is 0 Å². The zero-order valence-corrected chi connectivity index (χ0v) is 16.1. The number of aliphatic hydroxyl groups excluding tert-OH is 1. The predicted octanol–water partition coefficient (Wildman–Crippen LogP) is 0.842. The Morgan fingerprint density at radius 3 is 2.44 bits per heavy atom. The summed E-state index contributed by atoms with van der Waals surface area (Å²) in [7, 11) is -3.93. The number of nitrogens with zero attached hydrogens (tertiary/aromatic N) is 1. The van der Waals surface area contributed by atoms with Crippen LogP contribution in [-0.4, -0.2) is 49.5 Å². The summed E-state index contributed by atoms with van der Waals surface area (Å²) in [5.74, 6) is 0.135. The van der Waals surface area contributed by atoms with Crippen LogP contribution in [0.1, 0.15) is 26.3 Å². The number of hydrogen-bond acceptors (Lipinski definition) is 6. The summed E-state index contributed by atoms with van der Waals surface area (Å²) in [6, 6.07) is 5.19. The van der Waals surface area contributed by atoms with Crippen LogP contribution in [0.15, 0.2) is 34.2 Å². The molecule has 1 aliphatic rings. The number of carbonyl (C=O) groups excluding carboxylic acids is 1. The van der Waals surface area contributed by atoms with E-state index in [4.69, 9.17) is 0 Å². The Balaban J connectivity index is 2.11. The van der Waals surface area contributed by atoms with Crippen molar-refractivity contribution in [1.82, 2.24) is 10.0 Å². The summed E-state index contributed by atoms with van der Waals surface area (Å²) in [5, 5.41) is 12.4. The largest absolute Gasteiger partial charge is 0.394 e. The second-order valence-electron chi connectivity index (χ2n) is 6.66. The molecule has 0 saturated carbocycles. The first kappa shape index (κ1) is 19.9. The lowest BCUT2D eigenvalue weighted by atomic mass is 9.87. The minimum Gasteiger partial charge on any atom is -0.394 e. The smallest absolute Gasteiger partial charge is 0.246 e. The van der Waals surface area contributed by atoms with Gasteiger partial charge in [-0.3, -0.25) is 9.79 Å². The molecule has 1 unspecified atom stereocenters. The molecule has 7 nitrogen and oxygen atoms in total. The summed E-state index contributed by atoms with van der Waals surface area (Å²) in [6.07, 6.45) is 0. The molecule has 9 heteroatoms. The van der Waals surface area contributed by atoms with Gasteiger partial charge < -0.3 is 10.4 Å². The lowest BCUT2D eigenvalue weighted by Gasteiger charge is -2.20. The number of aliphatic hydroxyl groups is 1. The highest BCUT2D eigenvalue weighted by Crippen LogP contribution is 2.23. The van der Waals surface area contributed by atoms with E-state index >= 15 is 0 Å². The lowest BCUT2D eigenvalue weighted by molar-refractivity contribution is -0.122. The molecule has 1 aromatic rings. The number of carbonyl (C=O) groups is 1. The molecule has 1 amide bonds. The van der Waals surface area contributed by atoms with Gasteiger partial charge in [-0.1, -0.05) is 44.7 Å². The van der Waals surface area contributed by atoms with Crippen LogP contribution in [0.4, 0.5) is 0 Å².